The Labute approximate surface area is 294 Å². The molecule has 0 bridgehead atoms. The third kappa shape index (κ3) is 16.5. The topological polar surface area (TPSA) is 227 Å². The number of unbranched alkanes of at least 4 members (excludes halogenated alkanes) is 1. The van der Waals surface area contributed by atoms with Crippen molar-refractivity contribution in [3.05, 3.63) is 107 Å². The Kier molecular flexibility index (Phi) is 18.0. The number of carbonyl (C=O) groups is 4. The number of nitrogens with one attached hydrogen (secondary N) is 4. The van der Waals surface area contributed by atoms with Gasteiger partial charge in [0, 0.05) is 26.2 Å². The number of carbonyl (C=O) groups excluding carboxylic acids is 3. The van der Waals surface area contributed by atoms with Gasteiger partial charge in [-0.05, 0) is 54.5 Å². The van der Waals surface area contributed by atoms with E-state index in [2.05, 4.69) is 26.3 Å². The summed E-state index contributed by atoms with van der Waals surface area (Å²) in [7, 11) is 0. The van der Waals surface area contributed by atoms with Crippen LogP contribution in [0.3, 0.4) is 0 Å². The summed E-state index contributed by atoms with van der Waals surface area (Å²) in [6.07, 6.45) is -2.53. The molecule has 0 saturated carbocycles. The highest BCUT2D eigenvalue weighted by molar-refractivity contribution is 5.92. The van der Waals surface area contributed by atoms with E-state index in [1.54, 1.807) is 0 Å². The number of benzene rings is 3. The molecule has 0 aliphatic carbocycles. The Morgan fingerprint density at radius 1 is 0.725 bits per heavy atom. The fourth-order valence-corrected chi connectivity index (χ4v) is 4.62. The third-order valence-electron chi connectivity index (χ3n) is 7.21. The molecule has 0 aliphatic heterocycles. The van der Waals surface area contributed by atoms with Crippen LogP contribution >= 0.6 is 0 Å². The molecule has 0 fully saturated rings. The molecule has 11 N–H and O–H groups in total. The summed E-state index contributed by atoms with van der Waals surface area (Å²) in [5, 5.41) is 18.7. The normalized spacial score (nSPS) is 11.3. The third-order valence-corrected chi connectivity index (χ3v) is 7.21. The van der Waals surface area contributed by atoms with Crippen LogP contribution in [0, 0.1) is 0 Å². The minimum Gasteiger partial charge on any atom is -0.475 e. The molecular formula is C35H45F3N8O5. The molecule has 16 heteroatoms. The number of urea groups is 1. The Morgan fingerprint density at radius 2 is 1.24 bits per heavy atom. The van der Waals surface area contributed by atoms with E-state index in [0.717, 1.165) is 35.1 Å². The number of guanidine groups is 1. The zero-order valence-corrected chi connectivity index (χ0v) is 28.0. The summed E-state index contributed by atoms with van der Waals surface area (Å²) in [5.41, 5.74) is 19.8. The van der Waals surface area contributed by atoms with E-state index in [1.807, 2.05) is 84.9 Å². The molecule has 13 nitrogen and oxygen atoms in total. The number of aliphatic carboxylic acids is 1. The Morgan fingerprint density at radius 3 is 1.71 bits per heavy atom. The molecule has 51 heavy (non-hydrogen) atoms. The summed E-state index contributed by atoms with van der Waals surface area (Å²) >= 11 is 0. The number of carboxylic acids is 1. The maximum atomic E-state index is 13.7. The lowest BCUT2D eigenvalue weighted by molar-refractivity contribution is -0.192. The number of hydrogen-bond acceptors (Lipinski definition) is 6. The lowest BCUT2D eigenvalue weighted by Gasteiger charge is -2.23. The van der Waals surface area contributed by atoms with E-state index >= 15 is 0 Å². The Bertz CT molecular complexity index is 1500. The summed E-state index contributed by atoms with van der Waals surface area (Å²) < 4.78 is 31.7. The van der Waals surface area contributed by atoms with Crippen molar-refractivity contribution in [1.82, 2.24) is 21.3 Å². The first-order valence-electron chi connectivity index (χ1n) is 16.1. The van der Waals surface area contributed by atoms with Gasteiger partial charge in [0.1, 0.15) is 6.04 Å². The Hall–Kier alpha value is -5.64. The SMILES string of the molecule is NCCCCNC(=O)NCc1ccc(CNC(=O)[C@@H](CCCN=C(N)N)NC(=O)C(c2ccccc2)c2ccccc2)cc1.O=C(O)C(F)(F)F. The second-order valence-electron chi connectivity index (χ2n) is 11.2. The second-order valence-corrected chi connectivity index (χ2v) is 11.2. The highest BCUT2D eigenvalue weighted by atomic mass is 19.4. The molecule has 0 heterocycles. The van der Waals surface area contributed by atoms with Crippen LogP contribution in [0.25, 0.3) is 0 Å². The van der Waals surface area contributed by atoms with Gasteiger partial charge in [-0.25, -0.2) is 9.59 Å². The number of halogens is 3. The predicted octanol–water partition coefficient (Wildman–Crippen LogP) is 2.84. The van der Waals surface area contributed by atoms with Crippen LogP contribution in [0.4, 0.5) is 18.0 Å². The van der Waals surface area contributed by atoms with Gasteiger partial charge >= 0.3 is 18.2 Å². The number of hydrogen-bond donors (Lipinski definition) is 8. The minimum absolute atomic E-state index is 0.0231. The molecule has 0 aliphatic rings. The molecule has 3 rings (SSSR count). The Balaban J connectivity index is 0.00000116. The van der Waals surface area contributed by atoms with E-state index in [9.17, 15) is 27.6 Å². The molecule has 4 amide bonds. The van der Waals surface area contributed by atoms with Crippen LogP contribution in [-0.4, -0.2) is 66.7 Å². The summed E-state index contributed by atoms with van der Waals surface area (Å²) in [5.74, 6) is -3.94. The quantitative estimate of drug-likeness (QED) is 0.0588. The zero-order chi connectivity index (χ0) is 37.6. The molecule has 3 aromatic rings. The lowest BCUT2D eigenvalue weighted by Crippen LogP contribution is -2.48. The van der Waals surface area contributed by atoms with E-state index < -0.39 is 24.1 Å². The number of aliphatic imine (C=N–C) groups is 1. The molecule has 0 aromatic heterocycles. The lowest BCUT2D eigenvalue weighted by atomic mass is 9.90. The van der Waals surface area contributed by atoms with Gasteiger partial charge in [-0.3, -0.25) is 14.6 Å². The van der Waals surface area contributed by atoms with Gasteiger partial charge in [-0.2, -0.15) is 13.2 Å². The molecular weight excluding hydrogens is 669 g/mol. The maximum Gasteiger partial charge on any atom is 0.490 e. The monoisotopic (exact) mass is 714 g/mol. The van der Waals surface area contributed by atoms with Crippen molar-refractivity contribution >= 4 is 29.8 Å². The number of rotatable bonds is 17. The fraction of sp³-hybridized carbons (Fsp3) is 0.343. The van der Waals surface area contributed by atoms with Crippen molar-refractivity contribution in [2.24, 2.45) is 22.2 Å². The standard InChI is InChI=1S/C33H44N8O3.C2HF3O2/c34-19-7-8-20-38-33(44)40-23-25-17-15-24(16-18-25)22-39-30(42)28(14-9-21-37-32(35)36)41-31(43)29(26-10-3-1-4-11-26)27-12-5-2-6-13-27;3-2(4,5)1(6)7/h1-6,10-13,15-18,28-29H,7-9,14,19-23,34H2,(H,39,42)(H,41,43)(H4,35,36,37)(H2,38,40,44);(H,6,7)/t28-;/m1./s1. The smallest absolute Gasteiger partial charge is 0.475 e. The van der Waals surface area contributed by atoms with Crippen molar-refractivity contribution in [2.45, 2.75) is 56.9 Å². The minimum atomic E-state index is -5.08. The molecule has 0 unspecified atom stereocenters. The summed E-state index contributed by atoms with van der Waals surface area (Å²) in [6, 6.07) is 25.5. The van der Waals surface area contributed by atoms with Crippen LogP contribution in [-0.2, 0) is 27.5 Å². The van der Waals surface area contributed by atoms with Crippen LogP contribution in [0.15, 0.2) is 89.9 Å². The van der Waals surface area contributed by atoms with E-state index in [1.165, 1.54) is 0 Å². The van der Waals surface area contributed by atoms with Gasteiger partial charge < -0.3 is 43.6 Å². The first kappa shape index (κ1) is 41.5. The fourth-order valence-electron chi connectivity index (χ4n) is 4.62. The van der Waals surface area contributed by atoms with Crippen molar-refractivity contribution in [3.8, 4) is 0 Å². The average Bonchev–Trinajstić information content (AvgIpc) is 3.10. The number of carboxylic acid groups (broad SMARTS) is 1. The first-order chi connectivity index (χ1) is 24.3. The van der Waals surface area contributed by atoms with Gasteiger partial charge in [0.15, 0.2) is 5.96 Å². The number of nitrogens with zero attached hydrogens (tertiary/aromatic N) is 1. The number of amides is 4. The largest absolute Gasteiger partial charge is 0.490 e. The molecule has 0 saturated heterocycles. The van der Waals surface area contributed by atoms with Crippen molar-refractivity contribution in [2.75, 3.05) is 19.6 Å². The van der Waals surface area contributed by atoms with Gasteiger partial charge in [0.25, 0.3) is 0 Å². The van der Waals surface area contributed by atoms with Gasteiger partial charge in [-0.15, -0.1) is 0 Å². The van der Waals surface area contributed by atoms with Crippen molar-refractivity contribution in [3.63, 3.8) is 0 Å². The van der Waals surface area contributed by atoms with Crippen LogP contribution in [0.5, 0.6) is 0 Å². The molecule has 1 atom stereocenters. The second kappa shape index (κ2) is 22.2. The average molecular weight is 715 g/mol. The van der Waals surface area contributed by atoms with E-state index in [-0.39, 0.29) is 30.3 Å². The summed E-state index contributed by atoms with van der Waals surface area (Å²) in [4.78, 5) is 51.9. The first-order valence-corrected chi connectivity index (χ1v) is 16.1. The number of nitrogens with two attached hydrogens (primary N) is 3. The van der Waals surface area contributed by atoms with Gasteiger partial charge in [0.05, 0.1) is 5.92 Å². The van der Waals surface area contributed by atoms with Gasteiger partial charge in [-0.1, -0.05) is 84.9 Å². The molecule has 3 aromatic carbocycles. The van der Waals surface area contributed by atoms with Crippen LogP contribution < -0.4 is 38.5 Å². The van der Waals surface area contributed by atoms with Crippen LogP contribution in [0.2, 0.25) is 0 Å². The van der Waals surface area contributed by atoms with Crippen LogP contribution in [0.1, 0.15) is 53.9 Å². The highest BCUT2D eigenvalue weighted by Gasteiger charge is 2.38. The van der Waals surface area contributed by atoms with E-state index in [4.69, 9.17) is 27.1 Å². The summed E-state index contributed by atoms with van der Waals surface area (Å²) in [6.45, 7) is 2.17. The predicted molar refractivity (Wildman–Crippen MR) is 187 cm³/mol. The molecule has 0 radical (unpaired) electrons. The molecule has 276 valence electrons. The number of alkyl halides is 3. The molecule has 0 spiro atoms. The van der Waals surface area contributed by atoms with Crippen molar-refractivity contribution < 1.29 is 37.5 Å². The maximum absolute atomic E-state index is 13.7. The zero-order valence-electron chi connectivity index (χ0n) is 28.0. The highest BCUT2D eigenvalue weighted by Crippen LogP contribution is 2.25. The van der Waals surface area contributed by atoms with Gasteiger partial charge in [0.2, 0.25) is 11.8 Å². The van der Waals surface area contributed by atoms with E-state index in [0.29, 0.717) is 39.0 Å². The van der Waals surface area contributed by atoms with Crippen molar-refractivity contribution in [1.29, 1.82) is 0 Å².